The molecule has 0 aliphatic heterocycles. The van der Waals surface area contributed by atoms with Crippen LogP contribution in [-0.4, -0.2) is 40.8 Å². The average molecular weight is 293 g/mol. The van der Waals surface area contributed by atoms with Crippen molar-refractivity contribution in [2.75, 3.05) is 26.1 Å². The predicted octanol–water partition coefficient (Wildman–Crippen LogP) is 2.49. The van der Waals surface area contributed by atoms with Gasteiger partial charge >= 0.3 is 0 Å². The van der Waals surface area contributed by atoms with Crippen LogP contribution in [0.2, 0.25) is 0 Å². The Hall–Kier alpha value is -1.53. The Kier molecular flexibility index (Phi) is 6.40. The first-order valence-corrected chi connectivity index (χ1v) is 7.56. The molecule has 2 aromatic rings. The molecule has 2 rings (SSSR count). The van der Waals surface area contributed by atoms with Crippen LogP contribution in [0.1, 0.15) is 6.42 Å². The van der Waals surface area contributed by atoms with Gasteiger partial charge in [-0.1, -0.05) is 30.0 Å². The van der Waals surface area contributed by atoms with Crippen molar-refractivity contribution in [2.45, 2.75) is 18.1 Å². The van der Waals surface area contributed by atoms with Gasteiger partial charge in [-0.2, -0.15) is 0 Å². The van der Waals surface area contributed by atoms with Crippen LogP contribution in [0.5, 0.6) is 5.75 Å². The molecule has 0 saturated carbocycles. The maximum absolute atomic E-state index is 5.64. The molecule has 1 heterocycles. The van der Waals surface area contributed by atoms with E-state index < -0.39 is 0 Å². The number of ether oxygens (including phenoxy) is 2. The van der Waals surface area contributed by atoms with Gasteiger partial charge in [0.1, 0.15) is 12.1 Å². The first-order chi connectivity index (χ1) is 9.90. The van der Waals surface area contributed by atoms with Gasteiger partial charge in [0.15, 0.2) is 5.16 Å². The summed E-state index contributed by atoms with van der Waals surface area (Å²) < 4.78 is 12.7. The third-order valence-corrected chi connectivity index (χ3v) is 3.72. The third-order valence-electron chi connectivity index (χ3n) is 2.65. The molecule has 1 aromatic carbocycles. The third kappa shape index (κ3) is 4.86. The van der Waals surface area contributed by atoms with E-state index in [1.807, 2.05) is 34.9 Å². The Morgan fingerprint density at radius 1 is 1.20 bits per heavy atom. The minimum Gasteiger partial charge on any atom is -0.494 e. The highest BCUT2D eigenvalue weighted by Crippen LogP contribution is 2.16. The van der Waals surface area contributed by atoms with Crippen LogP contribution in [0.15, 0.2) is 41.8 Å². The summed E-state index contributed by atoms with van der Waals surface area (Å²) in [6, 6.07) is 9.86. The van der Waals surface area contributed by atoms with Crippen LogP contribution < -0.4 is 4.74 Å². The van der Waals surface area contributed by atoms with Gasteiger partial charge in [0.2, 0.25) is 0 Å². The molecule has 0 amide bonds. The molecule has 0 fully saturated rings. The van der Waals surface area contributed by atoms with Gasteiger partial charge in [0.25, 0.3) is 0 Å². The lowest BCUT2D eigenvalue weighted by Crippen LogP contribution is -2.05. The number of hydrogen-bond acceptors (Lipinski definition) is 5. The van der Waals surface area contributed by atoms with Crippen molar-refractivity contribution < 1.29 is 9.47 Å². The molecule has 6 heteroatoms. The van der Waals surface area contributed by atoms with Crippen molar-refractivity contribution in [1.82, 2.24) is 14.8 Å². The highest BCUT2D eigenvalue weighted by molar-refractivity contribution is 7.99. The summed E-state index contributed by atoms with van der Waals surface area (Å²) in [5.41, 5.74) is 0. The molecule has 0 N–H and O–H groups in total. The second kappa shape index (κ2) is 8.60. The van der Waals surface area contributed by atoms with Gasteiger partial charge in [0.05, 0.1) is 13.2 Å². The Bertz CT molecular complexity index is 490. The molecular formula is C14H19N3O2S. The van der Waals surface area contributed by atoms with E-state index >= 15 is 0 Å². The lowest BCUT2D eigenvalue weighted by molar-refractivity contribution is 0.184. The fourth-order valence-electron chi connectivity index (χ4n) is 1.63. The summed E-state index contributed by atoms with van der Waals surface area (Å²) >= 11 is 1.69. The molecule has 20 heavy (non-hydrogen) atoms. The number of rotatable bonds is 9. The summed E-state index contributed by atoms with van der Waals surface area (Å²) in [5, 5.41) is 8.96. The van der Waals surface area contributed by atoms with Crippen LogP contribution >= 0.6 is 11.8 Å². The smallest absolute Gasteiger partial charge is 0.191 e. The Morgan fingerprint density at radius 3 is 2.85 bits per heavy atom. The van der Waals surface area contributed by atoms with Gasteiger partial charge in [-0.3, -0.25) is 0 Å². The van der Waals surface area contributed by atoms with Crippen molar-refractivity contribution in [2.24, 2.45) is 0 Å². The molecule has 5 nitrogen and oxygen atoms in total. The van der Waals surface area contributed by atoms with E-state index in [2.05, 4.69) is 10.2 Å². The van der Waals surface area contributed by atoms with Crippen molar-refractivity contribution >= 4 is 11.8 Å². The molecule has 0 atom stereocenters. The lowest BCUT2D eigenvalue weighted by atomic mass is 10.3. The van der Waals surface area contributed by atoms with E-state index in [9.17, 15) is 0 Å². The van der Waals surface area contributed by atoms with Gasteiger partial charge in [0, 0.05) is 19.4 Å². The molecule has 0 aliphatic rings. The van der Waals surface area contributed by atoms with Gasteiger partial charge in [-0.05, 0) is 18.6 Å². The van der Waals surface area contributed by atoms with Crippen molar-refractivity contribution in [3.63, 3.8) is 0 Å². The van der Waals surface area contributed by atoms with E-state index in [1.54, 1.807) is 25.2 Å². The second-order valence-corrected chi connectivity index (χ2v) is 5.23. The summed E-state index contributed by atoms with van der Waals surface area (Å²) in [6.07, 6.45) is 2.71. The fraction of sp³-hybridized carbons (Fsp3) is 0.429. The number of para-hydroxylation sites is 1. The van der Waals surface area contributed by atoms with E-state index in [-0.39, 0.29) is 0 Å². The standard InChI is InChI=1S/C14H19N3O2S/c1-18-10-8-17-12-15-16-14(17)20-11-5-9-19-13-6-3-2-4-7-13/h2-4,6-7,12H,5,8-11H2,1H3. The first-order valence-electron chi connectivity index (χ1n) is 6.57. The topological polar surface area (TPSA) is 49.2 Å². The second-order valence-electron chi connectivity index (χ2n) is 4.16. The SMILES string of the molecule is COCCn1cnnc1SCCCOc1ccccc1. The Morgan fingerprint density at radius 2 is 2.05 bits per heavy atom. The number of aromatic nitrogens is 3. The molecule has 0 spiro atoms. The van der Waals surface area contributed by atoms with Crippen LogP contribution in [0, 0.1) is 0 Å². The van der Waals surface area contributed by atoms with Gasteiger partial charge < -0.3 is 14.0 Å². The van der Waals surface area contributed by atoms with Crippen LogP contribution in [0.3, 0.4) is 0 Å². The summed E-state index contributed by atoms with van der Waals surface area (Å²) in [7, 11) is 1.69. The number of nitrogens with zero attached hydrogens (tertiary/aromatic N) is 3. The van der Waals surface area contributed by atoms with E-state index in [4.69, 9.17) is 9.47 Å². The first kappa shape index (κ1) is 14.9. The number of methoxy groups -OCH3 is 1. The van der Waals surface area contributed by atoms with Crippen molar-refractivity contribution in [3.8, 4) is 5.75 Å². The zero-order valence-corrected chi connectivity index (χ0v) is 12.4. The maximum Gasteiger partial charge on any atom is 0.191 e. The highest BCUT2D eigenvalue weighted by atomic mass is 32.2. The largest absolute Gasteiger partial charge is 0.494 e. The van der Waals surface area contributed by atoms with Crippen LogP contribution in [0.4, 0.5) is 0 Å². The monoisotopic (exact) mass is 293 g/mol. The van der Waals surface area contributed by atoms with E-state index in [1.165, 1.54) is 0 Å². The summed E-state index contributed by atoms with van der Waals surface area (Å²) in [6.45, 7) is 2.16. The van der Waals surface area contributed by atoms with Gasteiger partial charge in [-0.15, -0.1) is 10.2 Å². The minimum absolute atomic E-state index is 0.669. The maximum atomic E-state index is 5.64. The highest BCUT2D eigenvalue weighted by Gasteiger charge is 2.04. The fourth-order valence-corrected chi connectivity index (χ4v) is 2.48. The zero-order chi connectivity index (χ0) is 14.0. The molecule has 0 unspecified atom stereocenters. The van der Waals surface area contributed by atoms with Crippen LogP contribution in [0.25, 0.3) is 0 Å². The molecular weight excluding hydrogens is 274 g/mol. The van der Waals surface area contributed by atoms with Gasteiger partial charge in [-0.25, -0.2) is 0 Å². The van der Waals surface area contributed by atoms with Crippen molar-refractivity contribution in [3.05, 3.63) is 36.7 Å². The zero-order valence-electron chi connectivity index (χ0n) is 11.6. The summed E-state index contributed by atoms with van der Waals surface area (Å²) in [4.78, 5) is 0. The molecule has 1 aromatic heterocycles. The molecule has 0 aliphatic carbocycles. The van der Waals surface area contributed by atoms with E-state index in [0.717, 1.165) is 29.6 Å². The quantitative estimate of drug-likeness (QED) is 0.525. The molecule has 108 valence electrons. The average Bonchev–Trinajstić information content (AvgIpc) is 2.93. The minimum atomic E-state index is 0.669. The Balaban J connectivity index is 1.65. The normalized spacial score (nSPS) is 10.7. The number of hydrogen-bond donors (Lipinski definition) is 0. The molecule has 0 saturated heterocycles. The molecule has 0 radical (unpaired) electrons. The Labute approximate surface area is 123 Å². The lowest BCUT2D eigenvalue weighted by Gasteiger charge is -2.06. The number of benzene rings is 1. The molecule has 0 bridgehead atoms. The summed E-state index contributed by atoms with van der Waals surface area (Å²) in [5.74, 6) is 1.87. The number of thioether (sulfide) groups is 1. The van der Waals surface area contributed by atoms with Crippen molar-refractivity contribution in [1.29, 1.82) is 0 Å². The predicted molar refractivity (Wildman–Crippen MR) is 79.2 cm³/mol. The van der Waals surface area contributed by atoms with Crippen LogP contribution in [-0.2, 0) is 11.3 Å². The van der Waals surface area contributed by atoms with E-state index in [0.29, 0.717) is 13.2 Å².